The Balaban J connectivity index is 1.32. The fourth-order valence-electron chi connectivity index (χ4n) is 4.40. The van der Waals surface area contributed by atoms with E-state index in [1.165, 1.54) is 22.6 Å². The Bertz CT molecular complexity index is 1180. The van der Waals surface area contributed by atoms with Gasteiger partial charge in [0.2, 0.25) is 10.9 Å². The third-order valence-electron chi connectivity index (χ3n) is 6.24. The molecule has 1 aliphatic rings. The standard InChI is InChI=1S/C28H37N5O4S/c1-5-35-23-18-21(19-24(36-6-2)26(23)37-7-3)27(34)29-28-31-30-25(38-28)11-12-32-13-15-33(16-14-32)22-10-8-9-20(4)17-22/h8-10,17-19H,5-7,11-16H2,1-4H3,(H,29,31,34). The second-order valence-corrected chi connectivity index (χ2v) is 10.0. The van der Waals surface area contributed by atoms with Gasteiger partial charge in [0, 0.05) is 50.4 Å². The van der Waals surface area contributed by atoms with Crippen LogP contribution in [-0.4, -0.2) is 73.5 Å². The van der Waals surface area contributed by atoms with Crippen molar-refractivity contribution >= 4 is 28.1 Å². The molecular weight excluding hydrogens is 502 g/mol. The molecule has 1 aliphatic heterocycles. The number of amides is 1. The molecule has 3 aromatic rings. The highest BCUT2D eigenvalue weighted by atomic mass is 32.1. The molecule has 1 amide bonds. The van der Waals surface area contributed by atoms with E-state index in [1.807, 2.05) is 20.8 Å². The number of hydrogen-bond donors (Lipinski definition) is 1. The quantitative estimate of drug-likeness (QED) is 0.356. The molecule has 1 fully saturated rings. The van der Waals surface area contributed by atoms with Gasteiger partial charge in [0.15, 0.2) is 11.5 Å². The Hall–Kier alpha value is -3.37. The van der Waals surface area contributed by atoms with Crippen molar-refractivity contribution in [2.45, 2.75) is 34.1 Å². The molecule has 2 heterocycles. The molecule has 0 radical (unpaired) electrons. The second-order valence-electron chi connectivity index (χ2n) is 8.97. The van der Waals surface area contributed by atoms with Crippen LogP contribution in [-0.2, 0) is 6.42 Å². The highest BCUT2D eigenvalue weighted by Gasteiger charge is 2.20. The van der Waals surface area contributed by atoms with Crippen molar-refractivity contribution in [3.8, 4) is 17.2 Å². The maximum atomic E-state index is 13.0. The summed E-state index contributed by atoms with van der Waals surface area (Å²) in [5.41, 5.74) is 2.99. The molecule has 0 saturated carbocycles. The number of benzene rings is 2. The molecule has 10 heteroatoms. The van der Waals surface area contributed by atoms with Crippen molar-refractivity contribution in [3.05, 3.63) is 52.5 Å². The lowest BCUT2D eigenvalue weighted by molar-refractivity contribution is 0.102. The molecule has 1 aromatic heterocycles. The fraction of sp³-hybridized carbons (Fsp3) is 0.464. The predicted molar refractivity (Wildman–Crippen MR) is 151 cm³/mol. The molecular formula is C28H37N5O4S. The number of nitrogens with zero attached hydrogens (tertiary/aromatic N) is 4. The largest absolute Gasteiger partial charge is 0.490 e. The number of aryl methyl sites for hydroxylation is 1. The van der Waals surface area contributed by atoms with Crippen LogP contribution in [0.25, 0.3) is 0 Å². The van der Waals surface area contributed by atoms with Crippen molar-refractivity contribution in [1.82, 2.24) is 15.1 Å². The number of carbonyl (C=O) groups is 1. The zero-order valence-electron chi connectivity index (χ0n) is 22.7. The first-order valence-corrected chi connectivity index (χ1v) is 14.1. The summed E-state index contributed by atoms with van der Waals surface area (Å²) in [6.45, 7) is 14.1. The summed E-state index contributed by atoms with van der Waals surface area (Å²) in [6.07, 6.45) is 0.796. The van der Waals surface area contributed by atoms with E-state index >= 15 is 0 Å². The van der Waals surface area contributed by atoms with Crippen molar-refractivity contribution in [3.63, 3.8) is 0 Å². The zero-order valence-corrected chi connectivity index (χ0v) is 23.5. The maximum Gasteiger partial charge on any atom is 0.257 e. The van der Waals surface area contributed by atoms with Crippen LogP contribution in [0.1, 0.15) is 41.7 Å². The van der Waals surface area contributed by atoms with Crippen LogP contribution in [0.5, 0.6) is 17.2 Å². The van der Waals surface area contributed by atoms with Gasteiger partial charge in [-0.1, -0.05) is 23.5 Å². The van der Waals surface area contributed by atoms with Crippen LogP contribution >= 0.6 is 11.3 Å². The van der Waals surface area contributed by atoms with E-state index in [1.54, 1.807) is 12.1 Å². The number of hydrogen-bond acceptors (Lipinski definition) is 9. The van der Waals surface area contributed by atoms with Gasteiger partial charge < -0.3 is 19.1 Å². The molecule has 204 valence electrons. The Morgan fingerprint density at radius 1 is 0.947 bits per heavy atom. The molecule has 0 unspecified atom stereocenters. The van der Waals surface area contributed by atoms with Gasteiger partial charge >= 0.3 is 0 Å². The molecule has 0 atom stereocenters. The average Bonchev–Trinajstić information content (AvgIpc) is 3.37. The highest BCUT2D eigenvalue weighted by molar-refractivity contribution is 7.15. The first kappa shape index (κ1) is 27.7. The number of ether oxygens (including phenoxy) is 3. The Morgan fingerprint density at radius 3 is 2.26 bits per heavy atom. The Kier molecular flexibility index (Phi) is 9.78. The topological polar surface area (TPSA) is 89.0 Å². The molecule has 1 N–H and O–H groups in total. The van der Waals surface area contributed by atoms with Gasteiger partial charge in [-0.2, -0.15) is 0 Å². The van der Waals surface area contributed by atoms with E-state index in [9.17, 15) is 4.79 Å². The minimum absolute atomic E-state index is 0.301. The van der Waals surface area contributed by atoms with Crippen molar-refractivity contribution in [2.75, 3.05) is 62.8 Å². The van der Waals surface area contributed by atoms with E-state index in [0.29, 0.717) is 47.8 Å². The normalized spacial score (nSPS) is 13.8. The van der Waals surface area contributed by atoms with Gasteiger partial charge in [0.25, 0.3) is 5.91 Å². The molecule has 0 bridgehead atoms. The highest BCUT2D eigenvalue weighted by Crippen LogP contribution is 2.39. The van der Waals surface area contributed by atoms with Crippen molar-refractivity contribution in [1.29, 1.82) is 0 Å². The maximum absolute atomic E-state index is 13.0. The lowest BCUT2D eigenvalue weighted by Gasteiger charge is -2.36. The number of nitrogens with one attached hydrogen (secondary N) is 1. The van der Waals surface area contributed by atoms with Gasteiger partial charge in [-0.25, -0.2) is 0 Å². The summed E-state index contributed by atoms with van der Waals surface area (Å²) in [7, 11) is 0. The minimum Gasteiger partial charge on any atom is -0.490 e. The zero-order chi connectivity index (χ0) is 26.9. The van der Waals surface area contributed by atoms with Crippen LogP contribution < -0.4 is 24.4 Å². The van der Waals surface area contributed by atoms with Crippen LogP contribution in [0.3, 0.4) is 0 Å². The Labute approximate surface area is 228 Å². The van der Waals surface area contributed by atoms with Gasteiger partial charge in [-0.3, -0.25) is 15.0 Å². The molecule has 2 aromatic carbocycles. The summed E-state index contributed by atoms with van der Waals surface area (Å²) >= 11 is 1.41. The summed E-state index contributed by atoms with van der Waals surface area (Å²) in [6, 6.07) is 12.0. The van der Waals surface area contributed by atoms with Crippen molar-refractivity contribution < 1.29 is 19.0 Å². The predicted octanol–water partition coefficient (Wildman–Crippen LogP) is 4.66. The SMILES string of the molecule is CCOc1cc(C(=O)Nc2nnc(CCN3CCN(c4cccc(C)c4)CC3)s2)cc(OCC)c1OCC. The monoisotopic (exact) mass is 539 g/mol. The Morgan fingerprint density at radius 2 is 1.63 bits per heavy atom. The van der Waals surface area contributed by atoms with Crippen LogP contribution in [0, 0.1) is 6.92 Å². The van der Waals surface area contributed by atoms with Gasteiger partial charge in [0.1, 0.15) is 5.01 Å². The first-order chi connectivity index (χ1) is 18.5. The molecule has 0 aliphatic carbocycles. The lowest BCUT2D eigenvalue weighted by atomic mass is 10.1. The summed E-state index contributed by atoms with van der Waals surface area (Å²) in [4.78, 5) is 17.9. The van der Waals surface area contributed by atoms with Crippen LogP contribution in [0.2, 0.25) is 0 Å². The molecule has 1 saturated heterocycles. The third-order valence-corrected chi connectivity index (χ3v) is 7.14. The number of piperazine rings is 1. The first-order valence-electron chi connectivity index (χ1n) is 13.2. The van der Waals surface area contributed by atoms with Gasteiger partial charge in [0.05, 0.1) is 19.8 Å². The summed E-state index contributed by atoms with van der Waals surface area (Å²) in [5.74, 6) is 1.16. The van der Waals surface area contributed by atoms with Gasteiger partial charge in [-0.15, -0.1) is 10.2 Å². The number of aromatic nitrogens is 2. The lowest BCUT2D eigenvalue weighted by Crippen LogP contribution is -2.47. The van der Waals surface area contributed by atoms with E-state index in [4.69, 9.17) is 14.2 Å². The minimum atomic E-state index is -0.301. The number of anilines is 2. The average molecular weight is 540 g/mol. The number of rotatable bonds is 12. The molecule has 0 spiro atoms. The fourth-order valence-corrected chi connectivity index (χ4v) is 5.13. The smallest absolute Gasteiger partial charge is 0.257 e. The van der Waals surface area contributed by atoms with Crippen LogP contribution in [0.4, 0.5) is 10.8 Å². The number of carbonyl (C=O) groups excluding carboxylic acids is 1. The van der Waals surface area contributed by atoms with E-state index in [0.717, 1.165) is 44.2 Å². The van der Waals surface area contributed by atoms with E-state index in [2.05, 4.69) is 56.5 Å². The molecule has 9 nitrogen and oxygen atoms in total. The summed E-state index contributed by atoms with van der Waals surface area (Å²) in [5, 5.41) is 12.7. The third kappa shape index (κ3) is 7.14. The van der Waals surface area contributed by atoms with Crippen molar-refractivity contribution in [2.24, 2.45) is 0 Å². The van der Waals surface area contributed by atoms with Crippen LogP contribution in [0.15, 0.2) is 36.4 Å². The second kappa shape index (κ2) is 13.4. The molecule has 4 rings (SSSR count). The molecule has 38 heavy (non-hydrogen) atoms. The van der Waals surface area contributed by atoms with Gasteiger partial charge in [-0.05, 0) is 57.5 Å². The van der Waals surface area contributed by atoms with E-state index < -0.39 is 0 Å². The van der Waals surface area contributed by atoms with E-state index in [-0.39, 0.29) is 5.91 Å². The summed E-state index contributed by atoms with van der Waals surface area (Å²) < 4.78 is 17.2.